The predicted octanol–water partition coefficient (Wildman–Crippen LogP) is 3.98. The normalized spacial score (nSPS) is 10.5. The molecule has 0 atom stereocenters. The molecule has 8 heteroatoms. The number of carbonyl (C=O) groups is 1. The smallest absolute Gasteiger partial charge is 0.271 e. The van der Waals surface area contributed by atoms with Crippen LogP contribution in [-0.4, -0.2) is 28.3 Å². The Bertz CT molecular complexity index is 781. The molecule has 0 bridgehead atoms. The van der Waals surface area contributed by atoms with E-state index in [-0.39, 0.29) is 16.7 Å². The van der Waals surface area contributed by atoms with E-state index in [9.17, 15) is 4.79 Å². The van der Waals surface area contributed by atoms with Crippen LogP contribution in [0.3, 0.4) is 0 Å². The first-order chi connectivity index (χ1) is 11.5. The lowest BCUT2D eigenvalue weighted by Gasteiger charge is -2.12. The Morgan fingerprint density at radius 2 is 2.17 bits per heavy atom. The first-order valence-electron chi connectivity index (χ1n) is 7.36. The zero-order valence-corrected chi connectivity index (χ0v) is 15.0. The second-order valence-electron chi connectivity index (χ2n) is 4.77. The van der Waals surface area contributed by atoms with E-state index in [2.05, 4.69) is 33.9 Å². The minimum Gasteiger partial charge on any atom is -0.364 e. The molecule has 2 rings (SSSR count). The highest BCUT2D eigenvalue weighted by molar-refractivity contribution is 7.99. The van der Waals surface area contributed by atoms with Crippen molar-refractivity contribution in [1.29, 1.82) is 0 Å². The molecule has 1 amide bonds. The topological polar surface area (TPSA) is 93.3 Å². The van der Waals surface area contributed by atoms with Crippen molar-refractivity contribution in [2.75, 3.05) is 11.1 Å². The van der Waals surface area contributed by atoms with E-state index in [0.29, 0.717) is 12.1 Å². The van der Waals surface area contributed by atoms with Crippen molar-refractivity contribution in [3.63, 3.8) is 0 Å². The molecule has 1 heterocycles. The Kier molecular flexibility index (Phi) is 6.16. The van der Waals surface area contributed by atoms with Gasteiger partial charge in [-0.25, -0.2) is 9.97 Å². The molecule has 2 aromatic rings. The van der Waals surface area contributed by atoms with E-state index in [1.807, 2.05) is 25.1 Å². The average molecular weight is 364 g/mol. The summed E-state index contributed by atoms with van der Waals surface area (Å²) in [4.78, 5) is 25.1. The van der Waals surface area contributed by atoms with Crippen LogP contribution >= 0.6 is 23.4 Å². The lowest BCUT2D eigenvalue weighted by molar-refractivity contribution is 0.0996. The highest BCUT2D eigenvalue weighted by atomic mass is 35.5. The van der Waals surface area contributed by atoms with Crippen molar-refractivity contribution in [3.8, 4) is 0 Å². The first kappa shape index (κ1) is 18.2. The average Bonchev–Trinajstić information content (AvgIpc) is 2.55. The van der Waals surface area contributed by atoms with Crippen LogP contribution in [0, 0.1) is 0 Å². The minimum absolute atomic E-state index is 0.0619. The Balaban J connectivity index is 2.43. The maximum atomic E-state index is 11.7. The third-order valence-electron chi connectivity index (χ3n) is 3.18. The lowest BCUT2D eigenvalue weighted by Crippen LogP contribution is -2.18. The second-order valence-corrected chi connectivity index (χ2v) is 6.44. The van der Waals surface area contributed by atoms with E-state index in [4.69, 9.17) is 17.3 Å². The van der Waals surface area contributed by atoms with Gasteiger partial charge >= 0.3 is 0 Å². The molecule has 1 aromatic heterocycles. The predicted molar refractivity (Wildman–Crippen MR) is 100 cm³/mol. The van der Waals surface area contributed by atoms with Gasteiger partial charge in [-0.3, -0.25) is 9.79 Å². The van der Waals surface area contributed by atoms with E-state index in [1.54, 1.807) is 11.8 Å². The molecule has 0 aliphatic heterocycles. The van der Waals surface area contributed by atoms with Crippen LogP contribution in [0.5, 0.6) is 0 Å². The summed E-state index contributed by atoms with van der Waals surface area (Å²) in [5.41, 5.74) is 7.54. The summed E-state index contributed by atoms with van der Waals surface area (Å²) < 4.78 is 0. The SMILES string of the molecule is C=Nc1ccc(Nc2nc(Cl)c(CC)nc2C(N)=O)cc1SCC. The zero-order valence-electron chi connectivity index (χ0n) is 13.5. The number of primary amides is 1. The van der Waals surface area contributed by atoms with Crippen LogP contribution in [0.4, 0.5) is 17.2 Å². The van der Waals surface area contributed by atoms with E-state index >= 15 is 0 Å². The molecule has 1 aromatic carbocycles. The zero-order chi connectivity index (χ0) is 17.7. The largest absolute Gasteiger partial charge is 0.364 e. The van der Waals surface area contributed by atoms with Crippen molar-refractivity contribution in [1.82, 2.24) is 9.97 Å². The van der Waals surface area contributed by atoms with E-state index in [1.165, 1.54) is 0 Å². The number of hydrogen-bond acceptors (Lipinski definition) is 6. The second kappa shape index (κ2) is 8.12. The Labute approximate surface area is 149 Å². The number of nitrogens with zero attached hydrogens (tertiary/aromatic N) is 3. The molecular formula is C16H18ClN5OS. The molecule has 126 valence electrons. The number of benzene rings is 1. The number of thioether (sulfide) groups is 1. The van der Waals surface area contributed by atoms with Gasteiger partial charge in [0, 0.05) is 10.6 Å². The molecule has 0 spiro atoms. The molecule has 0 unspecified atom stereocenters. The van der Waals surface area contributed by atoms with Gasteiger partial charge in [0.2, 0.25) is 0 Å². The van der Waals surface area contributed by atoms with Crippen molar-refractivity contribution < 1.29 is 4.79 Å². The van der Waals surface area contributed by atoms with Crippen LogP contribution < -0.4 is 11.1 Å². The number of aryl methyl sites for hydroxylation is 1. The van der Waals surface area contributed by atoms with Gasteiger partial charge in [-0.05, 0) is 37.1 Å². The fourth-order valence-corrected chi connectivity index (χ4v) is 3.13. The van der Waals surface area contributed by atoms with E-state index < -0.39 is 5.91 Å². The molecule has 0 radical (unpaired) electrons. The first-order valence-corrected chi connectivity index (χ1v) is 8.73. The Hall–Kier alpha value is -2.12. The molecule has 0 fully saturated rings. The number of hydrogen-bond donors (Lipinski definition) is 2. The molecular weight excluding hydrogens is 346 g/mol. The van der Waals surface area contributed by atoms with Crippen molar-refractivity contribution in [2.24, 2.45) is 10.7 Å². The van der Waals surface area contributed by atoms with Crippen LogP contribution in [0.2, 0.25) is 5.15 Å². The molecule has 3 N–H and O–H groups in total. The third-order valence-corrected chi connectivity index (χ3v) is 4.41. The van der Waals surface area contributed by atoms with Crippen molar-refractivity contribution >= 4 is 53.2 Å². The van der Waals surface area contributed by atoms with Crippen molar-refractivity contribution in [2.45, 2.75) is 25.2 Å². The minimum atomic E-state index is -0.663. The Morgan fingerprint density at radius 3 is 2.75 bits per heavy atom. The third kappa shape index (κ3) is 4.04. The standard InChI is InChI=1S/C16H18ClN5OS/c1-4-10-14(17)22-16(13(21-10)15(18)23)20-9-6-7-11(19-3)12(8-9)24-5-2/h6-8H,3-5H2,1-2H3,(H2,18,23)(H,20,22). The highest BCUT2D eigenvalue weighted by Crippen LogP contribution is 2.33. The number of anilines is 2. The summed E-state index contributed by atoms with van der Waals surface area (Å²) in [6.07, 6.45) is 0.559. The number of aromatic nitrogens is 2. The number of amides is 1. The summed E-state index contributed by atoms with van der Waals surface area (Å²) >= 11 is 7.75. The lowest BCUT2D eigenvalue weighted by atomic mass is 10.2. The Morgan fingerprint density at radius 1 is 1.42 bits per heavy atom. The van der Waals surface area contributed by atoms with E-state index in [0.717, 1.165) is 22.0 Å². The summed E-state index contributed by atoms with van der Waals surface area (Å²) in [6.45, 7) is 7.50. The summed E-state index contributed by atoms with van der Waals surface area (Å²) in [6, 6.07) is 5.57. The molecule has 24 heavy (non-hydrogen) atoms. The van der Waals surface area contributed by atoms with Gasteiger partial charge in [-0.1, -0.05) is 25.4 Å². The summed E-state index contributed by atoms with van der Waals surface area (Å²) in [7, 11) is 0. The number of nitrogens with two attached hydrogens (primary N) is 1. The van der Waals surface area contributed by atoms with Gasteiger partial charge in [0.1, 0.15) is 0 Å². The van der Waals surface area contributed by atoms with Gasteiger partial charge in [-0.15, -0.1) is 11.8 Å². The van der Waals surface area contributed by atoms with Gasteiger partial charge in [0.25, 0.3) is 5.91 Å². The molecule has 0 aliphatic carbocycles. The fraction of sp³-hybridized carbons (Fsp3) is 0.250. The number of halogens is 1. The number of aliphatic imine (C=N–C) groups is 1. The summed E-state index contributed by atoms with van der Waals surface area (Å²) in [5.74, 6) is 0.468. The molecule has 0 saturated carbocycles. The van der Waals surface area contributed by atoms with Crippen LogP contribution in [0.1, 0.15) is 30.0 Å². The fourth-order valence-electron chi connectivity index (χ4n) is 2.06. The summed E-state index contributed by atoms with van der Waals surface area (Å²) in [5, 5.41) is 3.31. The van der Waals surface area contributed by atoms with Crippen molar-refractivity contribution in [3.05, 3.63) is 34.7 Å². The molecule has 0 aliphatic rings. The molecule has 6 nitrogen and oxygen atoms in total. The number of carbonyl (C=O) groups excluding carboxylic acids is 1. The van der Waals surface area contributed by atoms with Crippen LogP contribution in [-0.2, 0) is 6.42 Å². The molecule has 0 saturated heterocycles. The maximum absolute atomic E-state index is 11.7. The van der Waals surface area contributed by atoms with Gasteiger partial charge in [0.15, 0.2) is 16.7 Å². The van der Waals surface area contributed by atoms with Crippen LogP contribution in [0.25, 0.3) is 0 Å². The quantitative estimate of drug-likeness (QED) is 0.573. The monoisotopic (exact) mass is 363 g/mol. The number of nitrogens with one attached hydrogen (secondary N) is 1. The van der Waals surface area contributed by atoms with Gasteiger partial charge in [-0.2, -0.15) is 0 Å². The maximum Gasteiger partial charge on any atom is 0.271 e. The van der Waals surface area contributed by atoms with Gasteiger partial charge in [0.05, 0.1) is 11.4 Å². The number of rotatable bonds is 7. The van der Waals surface area contributed by atoms with Gasteiger partial charge < -0.3 is 11.1 Å². The van der Waals surface area contributed by atoms with Crippen LogP contribution in [0.15, 0.2) is 28.1 Å². The highest BCUT2D eigenvalue weighted by Gasteiger charge is 2.16.